The Labute approximate surface area is 182 Å². The fourth-order valence-corrected chi connectivity index (χ4v) is 5.34. The summed E-state index contributed by atoms with van der Waals surface area (Å²) in [5.74, 6) is 0. The maximum Gasteiger partial charge on any atom is 0.500 e. The van der Waals surface area contributed by atoms with Gasteiger partial charge in [0, 0.05) is 45.9 Å². The first-order chi connectivity index (χ1) is 14.4. The van der Waals surface area contributed by atoms with Gasteiger partial charge in [0.15, 0.2) is 32.4 Å². The quantitative estimate of drug-likeness (QED) is 0.271. The number of sulfonamides is 2. The molecule has 0 aliphatic heterocycles. The van der Waals surface area contributed by atoms with Gasteiger partial charge in [-0.1, -0.05) is 0 Å². The molecule has 0 spiro atoms. The van der Waals surface area contributed by atoms with Crippen LogP contribution in [-0.4, -0.2) is 58.0 Å². The van der Waals surface area contributed by atoms with Crippen molar-refractivity contribution in [1.29, 1.82) is 0 Å². The fraction of sp³-hybridized carbons (Fsp3) is 0.643. The number of aromatic nitrogens is 1. The maximum absolute atomic E-state index is 11.4. The molecule has 1 heterocycles. The van der Waals surface area contributed by atoms with Crippen LogP contribution in [0.5, 0.6) is 0 Å². The molecule has 9 nitrogen and oxygen atoms in total. The molecule has 0 N–H and O–H groups in total. The van der Waals surface area contributed by atoms with E-state index in [0.29, 0.717) is 0 Å². The molecule has 18 heteroatoms. The summed E-state index contributed by atoms with van der Waals surface area (Å²) in [6, 6.07) is 5.04. The zero-order valence-electron chi connectivity index (χ0n) is 17.3. The van der Waals surface area contributed by atoms with Crippen LogP contribution in [0.3, 0.4) is 0 Å². The SMILES string of the molecule is CO[Si](CCC[n+]1ccc(C)cc1)(OC)OC.O=S(=O)([N-]S(=O)(=O)C(F)(F)F)C(F)(F)F. The number of aryl methyl sites for hydroxylation is 2. The smallest absolute Gasteiger partial charge is 0.421 e. The summed E-state index contributed by atoms with van der Waals surface area (Å²) in [5.41, 5.74) is -11.1. The molecule has 0 saturated heterocycles. The van der Waals surface area contributed by atoms with Crippen LogP contribution in [0.2, 0.25) is 6.04 Å². The van der Waals surface area contributed by atoms with Gasteiger partial charge >= 0.3 is 19.8 Å². The first-order valence-electron chi connectivity index (χ1n) is 8.34. The molecule has 1 aromatic heterocycles. The first kappa shape index (κ1) is 30.7. The van der Waals surface area contributed by atoms with E-state index >= 15 is 0 Å². The zero-order valence-corrected chi connectivity index (χ0v) is 19.9. The molecule has 0 bridgehead atoms. The molecule has 188 valence electrons. The molecule has 32 heavy (non-hydrogen) atoms. The Balaban J connectivity index is 0.000000607. The molecule has 0 aliphatic rings. The summed E-state index contributed by atoms with van der Waals surface area (Å²) in [7, 11) is -10.9. The number of pyridine rings is 1. The van der Waals surface area contributed by atoms with Crippen LogP contribution in [-0.2, 0) is 39.9 Å². The normalized spacial score (nSPS) is 13.4. The minimum Gasteiger partial charge on any atom is -0.421 e. The van der Waals surface area contributed by atoms with E-state index in [-0.39, 0.29) is 0 Å². The van der Waals surface area contributed by atoms with Gasteiger partial charge in [-0.15, -0.1) is 0 Å². The molecule has 0 amide bonds. The van der Waals surface area contributed by atoms with Gasteiger partial charge in [-0.3, -0.25) is 0 Å². The highest BCUT2D eigenvalue weighted by atomic mass is 32.3. The Kier molecular flexibility index (Phi) is 11.2. The van der Waals surface area contributed by atoms with Crippen molar-refractivity contribution in [3.05, 3.63) is 34.2 Å². The van der Waals surface area contributed by atoms with Crippen molar-refractivity contribution >= 4 is 28.9 Å². The molecule has 0 saturated carbocycles. The summed E-state index contributed by atoms with van der Waals surface area (Å²) in [6.07, 6.45) is 5.16. The van der Waals surface area contributed by atoms with Crippen LogP contribution in [0, 0.1) is 6.92 Å². The predicted octanol–water partition coefficient (Wildman–Crippen LogP) is 2.61. The van der Waals surface area contributed by atoms with E-state index < -0.39 is 39.9 Å². The second-order valence-electron chi connectivity index (χ2n) is 5.93. The van der Waals surface area contributed by atoms with Gasteiger partial charge < -0.3 is 17.4 Å². The van der Waals surface area contributed by atoms with E-state index in [1.54, 1.807) is 21.3 Å². The van der Waals surface area contributed by atoms with Gasteiger partial charge in [-0.2, -0.15) is 26.3 Å². The molecule has 1 rings (SSSR count). The van der Waals surface area contributed by atoms with Gasteiger partial charge in [0.25, 0.3) is 0 Å². The predicted molar refractivity (Wildman–Crippen MR) is 101 cm³/mol. The number of hydrogen-bond donors (Lipinski definition) is 0. The Bertz CT molecular complexity index is 868. The van der Waals surface area contributed by atoms with Crippen molar-refractivity contribution in [2.45, 2.75) is 37.0 Å². The van der Waals surface area contributed by atoms with E-state index in [4.69, 9.17) is 13.3 Å². The molecular formula is C14H22F6N2O7S2Si. The van der Waals surface area contributed by atoms with Crippen molar-refractivity contribution < 1.29 is 61.0 Å². The second-order valence-corrected chi connectivity index (χ2v) is 12.4. The summed E-state index contributed by atoms with van der Waals surface area (Å²) in [6.45, 7) is 3.04. The van der Waals surface area contributed by atoms with Crippen molar-refractivity contribution in [2.24, 2.45) is 0 Å². The minimum absolute atomic E-state index is 0.778. The maximum atomic E-state index is 11.4. The highest BCUT2D eigenvalue weighted by molar-refractivity contribution is 8.13. The molecule has 0 fully saturated rings. The number of rotatable bonds is 9. The molecule has 0 radical (unpaired) electrons. The van der Waals surface area contributed by atoms with Crippen LogP contribution in [0.15, 0.2) is 24.5 Å². The van der Waals surface area contributed by atoms with Crippen molar-refractivity contribution in [3.63, 3.8) is 0 Å². The third-order valence-corrected chi connectivity index (χ3v) is 9.24. The minimum atomic E-state index is -6.72. The third kappa shape index (κ3) is 9.28. The Morgan fingerprint density at radius 2 is 1.25 bits per heavy atom. The Morgan fingerprint density at radius 3 is 1.56 bits per heavy atom. The summed E-state index contributed by atoms with van der Waals surface area (Å²) in [5, 5.41) is 0. The average molecular weight is 537 g/mol. The first-order valence-corrected chi connectivity index (χ1v) is 13.2. The lowest BCUT2D eigenvalue weighted by atomic mass is 10.3. The topological polar surface area (TPSA) is 114 Å². The number of halogens is 6. The fourth-order valence-electron chi connectivity index (χ4n) is 1.93. The lowest BCUT2D eigenvalue weighted by molar-refractivity contribution is -0.697. The zero-order chi connectivity index (χ0) is 25.4. The van der Waals surface area contributed by atoms with Crippen LogP contribution >= 0.6 is 0 Å². The highest BCUT2D eigenvalue weighted by Crippen LogP contribution is 2.36. The molecule has 0 aromatic carbocycles. The lowest BCUT2D eigenvalue weighted by Gasteiger charge is -2.23. The van der Waals surface area contributed by atoms with Crippen molar-refractivity contribution in [2.75, 3.05) is 21.3 Å². The lowest BCUT2D eigenvalue weighted by Crippen LogP contribution is -2.44. The van der Waals surface area contributed by atoms with Crippen molar-refractivity contribution in [3.8, 4) is 0 Å². The van der Waals surface area contributed by atoms with Gasteiger partial charge in [-0.25, -0.2) is 21.4 Å². The van der Waals surface area contributed by atoms with E-state index in [2.05, 4.69) is 36.0 Å². The van der Waals surface area contributed by atoms with E-state index in [9.17, 15) is 43.2 Å². The van der Waals surface area contributed by atoms with Crippen LogP contribution in [0.4, 0.5) is 26.3 Å². The average Bonchev–Trinajstić information content (AvgIpc) is 2.65. The Morgan fingerprint density at radius 1 is 0.875 bits per heavy atom. The molecule has 1 aromatic rings. The summed E-state index contributed by atoms with van der Waals surface area (Å²) >= 11 is 0. The molecule has 0 aliphatic carbocycles. The summed E-state index contributed by atoms with van der Waals surface area (Å²) in [4.78, 5) is 0. The van der Waals surface area contributed by atoms with E-state index in [0.717, 1.165) is 23.1 Å². The van der Waals surface area contributed by atoms with Crippen LogP contribution < -0.4 is 4.57 Å². The Hall–Kier alpha value is -1.31. The van der Waals surface area contributed by atoms with Gasteiger partial charge in [0.1, 0.15) is 6.54 Å². The molecular weight excluding hydrogens is 514 g/mol. The highest BCUT2D eigenvalue weighted by Gasteiger charge is 2.47. The largest absolute Gasteiger partial charge is 0.500 e. The number of hydrogen-bond acceptors (Lipinski definition) is 7. The number of alkyl halides is 6. The van der Waals surface area contributed by atoms with E-state index in [1.807, 2.05) is 0 Å². The van der Waals surface area contributed by atoms with Gasteiger partial charge in [0.2, 0.25) is 0 Å². The van der Waals surface area contributed by atoms with E-state index in [1.165, 1.54) is 5.56 Å². The second kappa shape index (κ2) is 11.7. The van der Waals surface area contributed by atoms with Crippen molar-refractivity contribution in [1.82, 2.24) is 0 Å². The van der Waals surface area contributed by atoms with Gasteiger partial charge in [-0.05, 0) is 12.5 Å². The number of nitrogens with zero attached hydrogens (tertiary/aromatic N) is 2. The molecule has 0 atom stereocenters. The standard InChI is InChI=1S/C12H22NO3Si.C2F6NO4S2/c1-12-6-9-13(10-7-12)8-5-11-17(14-2,15-3)16-4;3-1(4,5)14(10,11)9-15(12,13)2(6,7)8/h6-7,9-10H,5,8,11H2,1-4H3;/q+1;-1. The van der Waals surface area contributed by atoms with Gasteiger partial charge in [0.05, 0.1) is 0 Å². The van der Waals surface area contributed by atoms with Crippen LogP contribution in [0.1, 0.15) is 12.0 Å². The monoisotopic (exact) mass is 536 g/mol. The summed E-state index contributed by atoms with van der Waals surface area (Å²) < 4.78 is 127. The third-order valence-electron chi connectivity index (χ3n) is 3.67. The molecule has 0 unspecified atom stereocenters. The van der Waals surface area contributed by atoms with Crippen LogP contribution in [0.25, 0.3) is 4.13 Å².